The van der Waals surface area contributed by atoms with Gasteiger partial charge < -0.3 is 9.47 Å². The molecule has 3 aromatic rings. The minimum Gasteiger partial charge on any atom is -0.493 e. The van der Waals surface area contributed by atoms with Gasteiger partial charge in [-0.05, 0) is 41.3 Å². The average Bonchev–Trinajstić information content (AvgIpc) is 3.23. The van der Waals surface area contributed by atoms with Crippen molar-refractivity contribution in [1.82, 2.24) is 9.88 Å². The van der Waals surface area contributed by atoms with Crippen molar-refractivity contribution < 1.29 is 14.3 Å². The Kier molecular flexibility index (Phi) is 6.64. The summed E-state index contributed by atoms with van der Waals surface area (Å²) in [5.41, 5.74) is 4.64. The number of ether oxygens (including phenoxy) is 2. The van der Waals surface area contributed by atoms with Gasteiger partial charge in [-0.25, -0.2) is 4.98 Å². The number of nitrogens with one attached hydrogen (secondary N) is 1. The maximum atomic E-state index is 12.3. The van der Waals surface area contributed by atoms with Crippen LogP contribution in [-0.4, -0.2) is 36.6 Å². The molecule has 7 heteroatoms. The number of hydrogen-bond acceptors (Lipinski definition) is 6. The second kappa shape index (κ2) is 9.76. The molecule has 1 N–H and O–H groups in total. The Hall–Kier alpha value is -3.16. The number of benzene rings is 2. The van der Waals surface area contributed by atoms with Gasteiger partial charge in [-0.15, -0.1) is 11.3 Å². The van der Waals surface area contributed by atoms with Gasteiger partial charge in [-0.3, -0.25) is 15.0 Å². The molecule has 0 saturated heterocycles. The summed E-state index contributed by atoms with van der Waals surface area (Å²) in [5.74, 6) is 1.05. The summed E-state index contributed by atoms with van der Waals surface area (Å²) in [6, 6.07) is 14.1. The lowest BCUT2D eigenvalue weighted by Crippen LogP contribution is -2.30. The van der Waals surface area contributed by atoms with Gasteiger partial charge in [0.1, 0.15) is 0 Å². The molecule has 0 radical (unpaired) electrons. The van der Waals surface area contributed by atoms with Crippen LogP contribution in [0.4, 0.5) is 5.13 Å². The molecule has 31 heavy (non-hydrogen) atoms. The van der Waals surface area contributed by atoms with E-state index in [2.05, 4.69) is 39.5 Å². The molecule has 0 saturated carbocycles. The van der Waals surface area contributed by atoms with Crippen molar-refractivity contribution in [3.05, 3.63) is 76.3 Å². The van der Waals surface area contributed by atoms with E-state index in [0.717, 1.165) is 37.3 Å². The van der Waals surface area contributed by atoms with Gasteiger partial charge in [0.2, 0.25) is 5.91 Å². The van der Waals surface area contributed by atoms with Crippen LogP contribution in [0.1, 0.15) is 22.4 Å². The molecule has 160 valence electrons. The highest BCUT2D eigenvalue weighted by Crippen LogP contribution is 2.28. The molecule has 0 atom stereocenters. The predicted octanol–water partition coefficient (Wildman–Crippen LogP) is 4.37. The van der Waals surface area contributed by atoms with E-state index in [-0.39, 0.29) is 5.91 Å². The van der Waals surface area contributed by atoms with Gasteiger partial charge in [-0.1, -0.05) is 30.3 Å². The third-order valence-corrected chi connectivity index (χ3v) is 6.02. The van der Waals surface area contributed by atoms with E-state index in [1.54, 1.807) is 20.3 Å². The normalized spacial score (nSPS) is 13.7. The first-order valence-electron chi connectivity index (χ1n) is 10.1. The second-order valence-electron chi connectivity index (χ2n) is 7.31. The number of hydrogen-bond donors (Lipinski definition) is 1. The Morgan fingerprint density at radius 3 is 2.77 bits per heavy atom. The summed E-state index contributed by atoms with van der Waals surface area (Å²) >= 11 is 1.44. The summed E-state index contributed by atoms with van der Waals surface area (Å²) in [4.78, 5) is 19.3. The minimum absolute atomic E-state index is 0.220. The number of rotatable bonds is 7. The molecule has 6 nitrogen and oxygen atoms in total. The van der Waals surface area contributed by atoms with E-state index < -0.39 is 0 Å². The molecule has 2 heterocycles. The number of thiazole rings is 1. The van der Waals surface area contributed by atoms with E-state index in [1.165, 1.54) is 28.5 Å². The molecule has 2 aromatic carbocycles. The summed E-state index contributed by atoms with van der Waals surface area (Å²) < 4.78 is 10.5. The maximum Gasteiger partial charge on any atom is 0.250 e. The summed E-state index contributed by atoms with van der Waals surface area (Å²) in [5, 5.41) is 5.46. The largest absolute Gasteiger partial charge is 0.493 e. The van der Waals surface area contributed by atoms with Gasteiger partial charge in [0.05, 0.1) is 19.9 Å². The average molecular weight is 436 g/mol. The molecule has 0 aliphatic carbocycles. The molecule has 1 amide bonds. The molecule has 1 aliphatic rings. The van der Waals surface area contributed by atoms with E-state index in [0.29, 0.717) is 16.6 Å². The maximum absolute atomic E-state index is 12.3. The van der Waals surface area contributed by atoms with Crippen LogP contribution in [0, 0.1) is 0 Å². The number of fused-ring (bicyclic) bond motifs is 1. The van der Waals surface area contributed by atoms with Gasteiger partial charge in [0, 0.05) is 31.1 Å². The van der Waals surface area contributed by atoms with Crippen molar-refractivity contribution in [3.63, 3.8) is 0 Å². The van der Waals surface area contributed by atoms with E-state index in [9.17, 15) is 4.79 Å². The zero-order chi connectivity index (χ0) is 21.6. The van der Waals surface area contributed by atoms with E-state index in [4.69, 9.17) is 9.47 Å². The number of methoxy groups -OCH3 is 2. The molecular weight excluding hydrogens is 410 g/mol. The van der Waals surface area contributed by atoms with Crippen LogP contribution in [-0.2, 0) is 24.3 Å². The van der Waals surface area contributed by atoms with Crippen molar-refractivity contribution in [2.24, 2.45) is 0 Å². The standard InChI is InChI=1S/C24H25N3O3S/c1-29-21-9-7-17(13-22(21)30-2)8-10-23(28)26-24-25-20(16-31-24)15-27-12-11-18-5-3-4-6-19(18)14-27/h3-10,13,16H,11-12,14-15H2,1-2H3,(H,25,26,28). The van der Waals surface area contributed by atoms with Gasteiger partial charge in [-0.2, -0.15) is 0 Å². The van der Waals surface area contributed by atoms with Gasteiger partial charge in [0.25, 0.3) is 0 Å². The Labute approximate surface area is 186 Å². The molecule has 0 unspecified atom stereocenters. The molecular formula is C24H25N3O3S. The first-order chi connectivity index (χ1) is 15.1. The molecule has 0 bridgehead atoms. The quantitative estimate of drug-likeness (QED) is 0.559. The number of anilines is 1. The van der Waals surface area contributed by atoms with Crippen molar-refractivity contribution in [1.29, 1.82) is 0 Å². The van der Waals surface area contributed by atoms with Crippen LogP contribution >= 0.6 is 11.3 Å². The number of carbonyl (C=O) groups excluding carboxylic acids is 1. The SMILES string of the molecule is COc1ccc(C=CC(=O)Nc2nc(CN3CCc4ccccc4C3)cs2)cc1OC. The van der Waals surface area contributed by atoms with Crippen LogP contribution in [0.2, 0.25) is 0 Å². The fourth-order valence-corrected chi connectivity index (χ4v) is 4.34. The van der Waals surface area contributed by atoms with Crippen molar-refractivity contribution in [2.45, 2.75) is 19.5 Å². The Morgan fingerprint density at radius 1 is 1.16 bits per heavy atom. The highest BCUT2D eigenvalue weighted by atomic mass is 32.1. The predicted molar refractivity (Wildman–Crippen MR) is 124 cm³/mol. The lowest BCUT2D eigenvalue weighted by Gasteiger charge is -2.27. The van der Waals surface area contributed by atoms with Crippen molar-refractivity contribution in [3.8, 4) is 11.5 Å². The molecule has 4 rings (SSSR count). The summed E-state index contributed by atoms with van der Waals surface area (Å²) in [7, 11) is 3.17. The Balaban J connectivity index is 1.32. The smallest absolute Gasteiger partial charge is 0.250 e. The second-order valence-corrected chi connectivity index (χ2v) is 8.17. The first kappa shape index (κ1) is 21.1. The monoisotopic (exact) mass is 435 g/mol. The zero-order valence-electron chi connectivity index (χ0n) is 17.6. The molecule has 0 fully saturated rings. The lowest BCUT2D eigenvalue weighted by atomic mass is 10.00. The highest BCUT2D eigenvalue weighted by Gasteiger charge is 2.17. The minimum atomic E-state index is -0.220. The lowest BCUT2D eigenvalue weighted by molar-refractivity contribution is -0.111. The van der Waals surface area contributed by atoms with Gasteiger partial charge in [0.15, 0.2) is 16.6 Å². The Morgan fingerprint density at radius 2 is 1.97 bits per heavy atom. The first-order valence-corrected chi connectivity index (χ1v) is 11.0. The fourth-order valence-electron chi connectivity index (χ4n) is 3.63. The van der Waals surface area contributed by atoms with Crippen LogP contribution in [0.25, 0.3) is 6.08 Å². The van der Waals surface area contributed by atoms with E-state index >= 15 is 0 Å². The molecule has 1 aromatic heterocycles. The summed E-state index contributed by atoms with van der Waals surface area (Å²) in [6.07, 6.45) is 4.28. The van der Waals surface area contributed by atoms with Crippen LogP contribution in [0.3, 0.4) is 0 Å². The molecule has 0 spiro atoms. The number of carbonyl (C=O) groups is 1. The number of amides is 1. The topological polar surface area (TPSA) is 63.7 Å². The highest BCUT2D eigenvalue weighted by molar-refractivity contribution is 7.13. The number of aromatic nitrogens is 1. The zero-order valence-corrected chi connectivity index (χ0v) is 18.4. The van der Waals surface area contributed by atoms with Crippen LogP contribution in [0.15, 0.2) is 53.9 Å². The van der Waals surface area contributed by atoms with E-state index in [1.807, 2.05) is 23.6 Å². The van der Waals surface area contributed by atoms with Crippen LogP contribution in [0.5, 0.6) is 11.5 Å². The third-order valence-electron chi connectivity index (χ3n) is 5.21. The van der Waals surface area contributed by atoms with Crippen molar-refractivity contribution in [2.75, 3.05) is 26.1 Å². The van der Waals surface area contributed by atoms with Gasteiger partial charge >= 0.3 is 0 Å². The third kappa shape index (κ3) is 5.31. The van der Waals surface area contributed by atoms with Crippen LogP contribution < -0.4 is 14.8 Å². The Bertz CT molecular complexity index is 1090. The molecule has 1 aliphatic heterocycles. The fraction of sp³-hybridized carbons (Fsp3) is 0.250. The summed E-state index contributed by atoms with van der Waals surface area (Å²) in [6.45, 7) is 2.73. The van der Waals surface area contributed by atoms with Crippen molar-refractivity contribution >= 4 is 28.5 Å². The number of nitrogens with zero attached hydrogens (tertiary/aromatic N) is 2.